The smallest absolute Gasteiger partial charge is 0.0471 e. The lowest BCUT2D eigenvalue weighted by atomic mass is 9.95. The van der Waals surface area contributed by atoms with Gasteiger partial charge in [0.1, 0.15) is 0 Å². The lowest BCUT2D eigenvalue weighted by Gasteiger charge is -2.45. The van der Waals surface area contributed by atoms with Crippen LogP contribution in [0.3, 0.4) is 0 Å². The van der Waals surface area contributed by atoms with Gasteiger partial charge in [-0.2, -0.15) is 0 Å². The SMILES string of the molecule is CCN1CCN(C2(CN)CCN(C3CC3)C2)CC1. The van der Waals surface area contributed by atoms with Crippen molar-refractivity contribution in [2.75, 3.05) is 52.4 Å². The lowest BCUT2D eigenvalue weighted by molar-refractivity contribution is 0.0420. The minimum atomic E-state index is 0.294. The van der Waals surface area contributed by atoms with E-state index in [0.717, 1.165) is 12.6 Å². The maximum Gasteiger partial charge on any atom is 0.0471 e. The normalized spacial score (nSPS) is 36.3. The molecule has 0 aromatic carbocycles. The van der Waals surface area contributed by atoms with Gasteiger partial charge in [-0.25, -0.2) is 0 Å². The van der Waals surface area contributed by atoms with E-state index in [-0.39, 0.29) is 0 Å². The molecule has 3 aliphatic rings. The molecule has 2 saturated heterocycles. The second-order valence-electron chi connectivity index (χ2n) is 6.30. The summed E-state index contributed by atoms with van der Waals surface area (Å²) in [4.78, 5) is 7.94. The fourth-order valence-corrected chi connectivity index (χ4v) is 3.73. The Morgan fingerprint density at radius 3 is 2.39 bits per heavy atom. The zero-order valence-electron chi connectivity index (χ0n) is 11.8. The Morgan fingerprint density at radius 1 is 1.11 bits per heavy atom. The number of nitrogens with two attached hydrogens (primary N) is 1. The molecule has 4 heteroatoms. The number of hydrogen-bond acceptors (Lipinski definition) is 4. The van der Waals surface area contributed by atoms with Crippen LogP contribution < -0.4 is 5.73 Å². The van der Waals surface area contributed by atoms with Crippen molar-refractivity contribution in [1.82, 2.24) is 14.7 Å². The van der Waals surface area contributed by atoms with Crippen LogP contribution in [0.4, 0.5) is 0 Å². The average molecular weight is 252 g/mol. The van der Waals surface area contributed by atoms with Crippen molar-refractivity contribution in [2.45, 2.75) is 37.8 Å². The summed E-state index contributed by atoms with van der Waals surface area (Å²) >= 11 is 0. The molecule has 18 heavy (non-hydrogen) atoms. The summed E-state index contributed by atoms with van der Waals surface area (Å²) < 4.78 is 0. The van der Waals surface area contributed by atoms with E-state index < -0.39 is 0 Å². The molecule has 0 aromatic rings. The predicted molar refractivity (Wildman–Crippen MR) is 74.7 cm³/mol. The molecule has 1 atom stereocenters. The fourth-order valence-electron chi connectivity index (χ4n) is 3.73. The molecular formula is C14H28N4. The average Bonchev–Trinajstić information content (AvgIpc) is 3.19. The second kappa shape index (κ2) is 5.08. The Bertz CT molecular complexity index is 284. The van der Waals surface area contributed by atoms with Gasteiger partial charge in [0.2, 0.25) is 0 Å². The van der Waals surface area contributed by atoms with Crippen LogP contribution in [0.15, 0.2) is 0 Å². The third-order valence-corrected chi connectivity index (χ3v) is 5.30. The first-order valence-electron chi connectivity index (χ1n) is 7.69. The van der Waals surface area contributed by atoms with Crippen LogP contribution in [0.2, 0.25) is 0 Å². The van der Waals surface area contributed by atoms with Crippen molar-refractivity contribution in [3.05, 3.63) is 0 Å². The summed E-state index contributed by atoms with van der Waals surface area (Å²) in [6.07, 6.45) is 4.13. The van der Waals surface area contributed by atoms with Gasteiger partial charge in [0.15, 0.2) is 0 Å². The standard InChI is InChI=1S/C14H28N4/c1-2-16-7-9-18(10-8-16)14(11-15)5-6-17(12-14)13-3-4-13/h13H,2-12,15H2,1H3. The Kier molecular flexibility index (Phi) is 3.63. The Hall–Kier alpha value is -0.160. The third kappa shape index (κ3) is 2.31. The zero-order chi connectivity index (χ0) is 12.6. The molecule has 3 rings (SSSR count). The van der Waals surface area contributed by atoms with Gasteiger partial charge < -0.3 is 10.6 Å². The molecule has 4 nitrogen and oxygen atoms in total. The second-order valence-corrected chi connectivity index (χ2v) is 6.30. The van der Waals surface area contributed by atoms with Gasteiger partial charge >= 0.3 is 0 Å². The number of hydrogen-bond donors (Lipinski definition) is 1. The monoisotopic (exact) mass is 252 g/mol. The van der Waals surface area contributed by atoms with Crippen molar-refractivity contribution in [3.63, 3.8) is 0 Å². The Labute approximate surface area is 111 Å². The first kappa shape index (κ1) is 12.9. The van der Waals surface area contributed by atoms with E-state index in [9.17, 15) is 0 Å². The summed E-state index contributed by atoms with van der Waals surface area (Å²) in [5.74, 6) is 0. The summed E-state index contributed by atoms with van der Waals surface area (Å²) in [5, 5.41) is 0. The van der Waals surface area contributed by atoms with E-state index in [2.05, 4.69) is 21.6 Å². The molecule has 1 unspecified atom stereocenters. The van der Waals surface area contributed by atoms with E-state index in [1.807, 2.05) is 0 Å². The highest BCUT2D eigenvalue weighted by Crippen LogP contribution is 2.36. The first-order valence-corrected chi connectivity index (χ1v) is 7.69. The minimum absolute atomic E-state index is 0.294. The molecule has 2 aliphatic heterocycles. The van der Waals surface area contributed by atoms with Crippen LogP contribution in [0, 0.1) is 0 Å². The number of likely N-dealkylation sites (N-methyl/N-ethyl adjacent to an activating group) is 1. The Balaban J connectivity index is 1.61. The van der Waals surface area contributed by atoms with E-state index in [4.69, 9.17) is 5.73 Å². The van der Waals surface area contributed by atoms with Gasteiger partial charge in [-0.15, -0.1) is 0 Å². The van der Waals surface area contributed by atoms with Crippen LogP contribution in [-0.2, 0) is 0 Å². The molecule has 2 heterocycles. The Morgan fingerprint density at radius 2 is 1.83 bits per heavy atom. The summed E-state index contributed by atoms with van der Waals surface area (Å²) in [6.45, 7) is 11.7. The summed E-state index contributed by atoms with van der Waals surface area (Å²) in [7, 11) is 0. The van der Waals surface area contributed by atoms with Crippen LogP contribution in [0.1, 0.15) is 26.2 Å². The maximum absolute atomic E-state index is 6.17. The topological polar surface area (TPSA) is 35.7 Å². The molecule has 2 N–H and O–H groups in total. The molecule has 0 spiro atoms. The van der Waals surface area contributed by atoms with Gasteiger partial charge in [-0.05, 0) is 25.8 Å². The van der Waals surface area contributed by atoms with Crippen LogP contribution >= 0.6 is 0 Å². The highest BCUT2D eigenvalue weighted by molar-refractivity contribution is 5.04. The number of likely N-dealkylation sites (tertiary alicyclic amines) is 1. The van der Waals surface area contributed by atoms with E-state index in [1.54, 1.807) is 0 Å². The van der Waals surface area contributed by atoms with Gasteiger partial charge in [0.05, 0.1) is 0 Å². The van der Waals surface area contributed by atoms with Crippen molar-refractivity contribution >= 4 is 0 Å². The lowest BCUT2D eigenvalue weighted by Crippen LogP contribution is -2.61. The zero-order valence-corrected chi connectivity index (χ0v) is 11.8. The van der Waals surface area contributed by atoms with Crippen LogP contribution in [0.5, 0.6) is 0 Å². The fraction of sp³-hybridized carbons (Fsp3) is 1.00. The maximum atomic E-state index is 6.17. The molecule has 0 aromatic heterocycles. The predicted octanol–water partition coefficient (Wildman–Crippen LogP) is 0.190. The molecule has 1 saturated carbocycles. The highest BCUT2D eigenvalue weighted by Gasteiger charge is 2.46. The van der Waals surface area contributed by atoms with E-state index >= 15 is 0 Å². The van der Waals surface area contributed by atoms with Crippen LogP contribution in [0.25, 0.3) is 0 Å². The highest BCUT2D eigenvalue weighted by atomic mass is 15.4. The van der Waals surface area contributed by atoms with Crippen molar-refractivity contribution in [2.24, 2.45) is 5.73 Å². The number of piperazine rings is 1. The molecule has 3 fully saturated rings. The van der Waals surface area contributed by atoms with Crippen molar-refractivity contribution in [1.29, 1.82) is 0 Å². The van der Waals surface area contributed by atoms with Crippen LogP contribution in [-0.4, -0.2) is 78.6 Å². The van der Waals surface area contributed by atoms with Crippen molar-refractivity contribution in [3.8, 4) is 0 Å². The quantitative estimate of drug-likeness (QED) is 0.775. The molecule has 104 valence electrons. The van der Waals surface area contributed by atoms with Gasteiger partial charge in [0, 0.05) is 57.4 Å². The van der Waals surface area contributed by atoms with E-state index in [1.165, 1.54) is 65.1 Å². The molecule has 0 amide bonds. The summed E-state index contributed by atoms with van der Waals surface area (Å²) in [5.41, 5.74) is 6.46. The molecular weight excluding hydrogens is 224 g/mol. The molecule has 0 radical (unpaired) electrons. The molecule has 0 bridgehead atoms. The van der Waals surface area contributed by atoms with Gasteiger partial charge in [-0.3, -0.25) is 9.80 Å². The number of nitrogens with zero attached hydrogens (tertiary/aromatic N) is 3. The summed E-state index contributed by atoms with van der Waals surface area (Å²) in [6, 6.07) is 0.898. The minimum Gasteiger partial charge on any atom is -0.329 e. The van der Waals surface area contributed by atoms with Gasteiger partial charge in [0.25, 0.3) is 0 Å². The van der Waals surface area contributed by atoms with Crippen molar-refractivity contribution < 1.29 is 0 Å². The third-order valence-electron chi connectivity index (χ3n) is 5.30. The largest absolute Gasteiger partial charge is 0.329 e. The van der Waals surface area contributed by atoms with Gasteiger partial charge in [-0.1, -0.05) is 6.92 Å². The first-order chi connectivity index (χ1) is 8.77. The number of rotatable bonds is 4. The molecule has 1 aliphatic carbocycles. The van der Waals surface area contributed by atoms with E-state index in [0.29, 0.717) is 5.54 Å².